The number of nitrogens with one attached hydrogen (secondary N) is 1. The van der Waals surface area contributed by atoms with E-state index >= 15 is 0 Å². The van der Waals surface area contributed by atoms with Crippen molar-refractivity contribution >= 4 is 34.6 Å². The molecule has 8 heteroatoms. The summed E-state index contributed by atoms with van der Waals surface area (Å²) in [5.74, 6) is 0.976. The van der Waals surface area contributed by atoms with Crippen LogP contribution in [0.25, 0.3) is 5.69 Å². The Bertz CT molecular complexity index is 1410. The fraction of sp³-hybridized carbons (Fsp3) is 0.214. The Kier molecular flexibility index (Phi) is 6.60. The molecule has 2 N–H and O–H groups in total. The maximum atomic E-state index is 10.6. The van der Waals surface area contributed by atoms with Crippen molar-refractivity contribution in [3.8, 4) is 17.2 Å². The molecule has 0 saturated carbocycles. The predicted molar refractivity (Wildman–Crippen MR) is 147 cm³/mol. The molecule has 0 unspecified atom stereocenters. The molecule has 0 spiro atoms. The quantitative estimate of drug-likeness (QED) is 0.287. The van der Waals surface area contributed by atoms with Gasteiger partial charge in [-0.3, -0.25) is 4.98 Å². The SMILES string of the molecule is CCOc1ccc(N2C(=S)N[C@@H](c3ccccn3)[C@@H]2c2cc(C)n(-c3cc(Cl)ccc3O)c2C)cc1. The number of aryl methyl sites for hydroxylation is 1. The van der Waals surface area contributed by atoms with E-state index in [0.717, 1.165) is 34.1 Å². The summed E-state index contributed by atoms with van der Waals surface area (Å²) in [7, 11) is 0. The molecule has 6 nitrogen and oxygen atoms in total. The first-order valence-electron chi connectivity index (χ1n) is 11.8. The van der Waals surface area contributed by atoms with E-state index in [4.69, 9.17) is 28.6 Å². The van der Waals surface area contributed by atoms with Gasteiger partial charge in [0.2, 0.25) is 0 Å². The van der Waals surface area contributed by atoms with Gasteiger partial charge in [-0.25, -0.2) is 0 Å². The first-order valence-corrected chi connectivity index (χ1v) is 12.6. The highest BCUT2D eigenvalue weighted by Crippen LogP contribution is 2.44. The predicted octanol–water partition coefficient (Wildman–Crippen LogP) is 6.42. The van der Waals surface area contributed by atoms with Crippen molar-refractivity contribution in [2.75, 3.05) is 11.5 Å². The van der Waals surface area contributed by atoms with Crippen molar-refractivity contribution in [3.05, 3.63) is 101 Å². The topological polar surface area (TPSA) is 62.5 Å². The zero-order chi connectivity index (χ0) is 25.4. The molecule has 0 aliphatic carbocycles. The number of halogens is 1. The average molecular weight is 519 g/mol. The Hall–Kier alpha value is -3.55. The summed E-state index contributed by atoms with van der Waals surface area (Å²) in [6, 6.07) is 20.7. The van der Waals surface area contributed by atoms with Crippen molar-refractivity contribution in [1.29, 1.82) is 0 Å². The number of hydrogen-bond donors (Lipinski definition) is 2. The number of anilines is 1. The number of aromatic nitrogens is 2. The Morgan fingerprint density at radius 1 is 1.08 bits per heavy atom. The summed E-state index contributed by atoms with van der Waals surface area (Å²) in [6.45, 7) is 6.65. The molecule has 0 amide bonds. The Balaban J connectivity index is 1.66. The smallest absolute Gasteiger partial charge is 0.174 e. The number of hydrogen-bond acceptors (Lipinski definition) is 4. The largest absolute Gasteiger partial charge is 0.506 e. The molecular weight excluding hydrogens is 492 g/mol. The van der Waals surface area contributed by atoms with Gasteiger partial charge in [0, 0.05) is 28.3 Å². The van der Waals surface area contributed by atoms with Crippen molar-refractivity contribution < 1.29 is 9.84 Å². The maximum absolute atomic E-state index is 10.6. The second-order valence-corrected chi connectivity index (χ2v) is 9.54. The molecule has 4 aromatic rings. The van der Waals surface area contributed by atoms with E-state index in [2.05, 4.69) is 28.2 Å². The molecule has 184 valence electrons. The molecule has 1 aliphatic heterocycles. The molecule has 2 aromatic heterocycles. The van der Waals surface area contributed by atoms with Gasteiger partial charge in [-0.05, 0) is 99.2 Å². The lowest BCUT2D eigenvalue weighted by atomic mass is 9.96. The molecule has 2 aromatic carbocycles. The van der Waals surface area contributed by atoms with Crippen LogP contribution >= 0.6 is 23.8 Å². The van der Waals surface area contributed by atoms with Crippen LogP contribution in [0.2, 0.25) is 5.02 Å². The summed E-state index contributed by atoms with van der Waals surface area (Å²) in [5, 5.41) is 15.3. The zero-order valence-electron chi connectivity index (χ0n) is 20.3. The summed E-state index contributed by atoms with van der Waals surface area (Å²) in [5.41, 5.74) is 5.52. The van der Waals surface area contributed by atoms with Gasteiger partial charge >= 0.3 is 0 Å². The summed E-state index contributed by atoms with van der Waals surface area (Å²) < 4.78 is 7.68. The van der Waals surface area contributed by atoms with E-state index in [1.165, 1.54) is 0 Å². The molecule has 1 aliphatic rings. The third kappa shape index (κ3) is 4.29. The van der Waals surface area contributed by atoms with Crippen LogP contribution in [0.4, 0.5) is 5.69 Å². The third-order valence-corrected chi connectivity index (χ3v) is 7.04. The number of benzene rings is 2. The van der Waals surface area contributed by atoms with Crippen LogP contribution in [0.5, 0.6) is 11.5 Å². The van der Waals surface area contributed by atoms with E-state index in [9.17, 15) is 5.11 Å². The van der Waals surface area contributed by atoms with Gasteiger partial charge in [-0.2, -0.15) is 0 Å². The minimum Gasteiger partial charge on any atom is -0.506 e. The average Bonchev–Trinajstić information content (AvgIpc) is 3.37. The Morgan fingerprint density at radius 3 is 2.56 bits per heavy atom. The normalized spacial score (nSPS) is 17.3. The van der Waals surface area contributed by atoms with Crippen molar-refractivity contribution in [2.24, 2.45) is 0 Å². The lowest BCUT2D eigenvalue weighted by molar-refractivity contribution is 0.340. The number of aromatic hydroxyl groups is 1. The van der Waals surface area contributed by atoms with Crippen LogP contribution in [0.15, 0.2) is 72.9 Å². The fourth-order valence-electron chi connectivity index (χ4n) is 4.95. The van der Waals surface area contributed by atoms with Crippen molar-refractivity contribution in [1.82, 2.24) is 14.9 Å². The number of phenols is 1. The summed E-state index contributed by atoms with van der Waals surface area (Å²) >= 11 is 12.2. The fourth-order valence-corrected chi connectivity index (χ4v) is 5.46. The van der Waals surface area contributed by atoms with Gasteiger partial charge in [-0.15, -0.1) is 0 Å². The van der Waals surface area contributed by atoms with Gasteiger partial charge in [0.1, 0.15) is 11.5 Å². The molecule has 0 bridgehead atoms. The number of ether oxygens (including phenoxy) is 1. The van der Waals surface area contributed by atoms with Gasteiger partial charge in [0.15, 0.2) is 5.11 Å². The van der Waals surface area contributed by atoms with Crippen LogP contribution in [-0.4, -0.2) is 26.4 Å². The number of phenolic OH excluding ortho intramolecular Hbond substituents is 1. The molecule has 1 saturated heterocycles. The minimum atomic E-state index is -0.174. The molecule has 1 fully saturated rings. The first kappa shape index (κ1) is 24.2. The zero-order valence-corrected chi connectivity index (χ0v) is 21.8. The number of thiocarbonyl (C=S) groups is 1. The molecule has 5 rings (SSSR count). The van der Waals surface area contributed by atoms with Crippen LogP contribution in [0, 0.1) is 13.8 Å². The third-order valence-electron chi connectivity index (χ3n) is 6.49. The van der Waals surface area contributed by atoms with Crippen LogP contribution < -0.4 is 15.0 Å². The number of rotatable bonds is 6. The highest BCUT2D eigenvalue weighted by molar-refractivity contribution is 7.80. The van der Waals surface area contributed by atoms with Gasteiger partial charge in [-0.1, -0.05) is 17.7 Å². The number of pyridine rings is 1. The van der Waals surface area contributed by atoms with Crippen molar-refractivity contribution in [2.45, 2.75) is 32.9 Å². The lowest BCUT2D eigenvalue weighted by Crippen LogP contribution is -2.29. The second-order valence-electron chi connectivity index (χ2n) is 8.72. The highest BCUT2D eigenvalue weighted by Gasteiger charge is 2.42. The van der Waals surface area contributed by atoms with Gasteiger partial charge in [0.25, 0.3) is 0 Å². The van der Waals surface area contributed by atoms with E-state index in [1.54, 1.807) is 24.4 Å². The molecule has 0 radical (unpaired) electrons. The van der Waals surface area contributed by atoms with E-state index < -0.39 is 0 Å². The number of nitrogens with zero attached hydrogens (tertiary/aromatic N) is 3. The van der Waals surface area contributed by atoms with Crippen molar-refractivity contribution in [3.63, 3.8) is 0 Å². The van der Waals surface area contributed by atoms with Crippen LogP contribution in [0.3, 0.4) is 0 Å². The molecular formula is C28H27ClN4O2S. The monoisotopic (exact) mass is 518 g/mol. The Labute approximate surface area is 221 Å². The molecule has 3 heterocycles. The van der Waals surface area contributed by atoms with E-state index in [1.807, 2.05) is 60.9 Å². The molecule has 36 heavy (non-hydrogen) atoms. The Morgan fingerprint density at radius 2 is 1.86 bits per heavy atom. The highest BCUT2D eigenvalue weighted by atomic mass is 35.5. The van der Waals surface area contributed by atoms with Crippen LogP contribution in [-0.2, 0) is 0 Å². The lowest BCUT2D eigenvalue weighted by Gasteiger charge is -2.28. The minimum absolute atomic E-state index is 0.164. The van der Waals surface area contributed by atoms with Gasteiger partial charge < -0.3 is 24.6 Å². The first-order chi connectivity index (χ1) is 17.4. The van der Waals surface area contributed by atoms with E-state index in [-0.39, 0.29) is 17.8 Å². The molecule has 2 atom stereocenters. The van der Waals surface area contributed by atoms with Crippen LogP contribution in [0.1, 0.15) is 41.7 Å². The van der Waals surface area contributed by atoms with E-state index in [0.29, 0.717) is 22.4 Å². The standard InChI is InChI=1S/C28H27ClN4O2S/c1-4-35-21-11-9-20(10-12-21)33-27(26(31-28(33)36)23-7-5-6-14-30-23)22-15-17(2)32(18(22)3)24-16-19(29)8-13-25(24)34/h5-16,26-27,34H,4H2,1-3H3,(H,31,36)/t26-,27-/m0/s1. The maximum Gasteiger partial charge on any atom is 0.174 e. The summed E-state index contributed by atoms with van der Waals surface area (Å²) in [4.78, 5) is 6.78. The van der Waals surface area contributed by atoms with Gasteiger partial charge in [0.05, 0.1) is 30.1 Å². The summed E-state index contributed by atoms with van der Waals surface area (Å²) in [6.07, 6.45) is 1.80. The second kappa shape index (κ2) is 9.84.